The average Bonchev–Trinajstić information content (AvgIpc) is 2.98. The lowest BCUT2D eigenvalue weighted by molar-refractivity contribution is -0.117. The third-order valence-corrected chi connectivity index (χ3v) is 5.65. The number of carbonyl (C=O) groups excluding carboxylic acids is 2. The van der Waals surface area contributed by atoms with Crippen LogP contribution in [-0.2, 0) is 16.1 Å². The molecular weight excluding hydrogens is 394 g/mol. The maximum Gasteiger partial charge on any atom is 0.409 e. The second-order valence-corrected chi connectivity index (χ2v) is 7.63. The Balaban J connectivity index is 1.68. The van der Waals surface area contributed by atoms with E-state index in [0.717, 1.165) is 16.8 Å². The second kappa shape index (κ2) is 10.1. The molecule has 0 saturated carbocycles. The minimum absolute atomic E-state index is 0.173. The van der Waals surface area contributed by atoms with Crippen LogP contribution in [0.25, 0.3) is 0 Å². The number of nitrogens with zero attached hydrogens (tertiary/aromatic N) is 4. The number of carbonyl (C=O) groups is 2. The normalized spacial score (nSPS) is 14.2. The zero-order valence-electron chi connectivity index (χ0n) is 18.4. The molecule has 1 aromatic carbocycles. The molecule has 1 aliphatic rings. The first-order valence-corrected chi connectivity index (χ1v) is 10.5. The molecule has 0 radical (unpaired) electrons. The topological polar surface area (TPSA) is 90.6 Å². The van der Waals surface area contributed by atoms with Crippen LogP contribution in [0.1, 0.15) is 29.3 Å². The lowest BCUT2D eigenvalue weighted by Gasteiger charge is -2.33. The van der Waals surface area contributed by atoms with E-state index in [4.69, 9.17) is 4.74 Å². The number of rotatable bonds is 6. The molecule has 1 saturated heterocycles. The molecule has 0 spiro atoms. The van der Waals surface area contributed by atoms with Crippen molar-refractivity contribution in [1.29, 1.82) is 5.26 Å². The lowest BCUT2D eigenvalue weighted by atomic mass is 10.2. The predicted octanol–water partition coefficient (Wildman–Crippen LogP) is 2.74. The summed E-state index contributed by atoms with van der Waals surface area (Å²) in [5, 5.41) is 12.7. The third-order valence-electron chi connectivity index (χ3n) is 5.65. The summed E-state index contributed by atoms with van der Waals surface area (Å²) < 4.78 is 7.02. The highest BCUT2D eigenvalue weighted by Crippen LogP contribution is 2.27. The molecule has 2 aromatic rings. The van der Waals surface area contributed by atoms with Gasteiger partial charge in [-0.25, -0.2) is 4.79 Å². The Morgan fingerprint density at radius 2 is 1.81 bits per heavy atom. The van der Waals surface area contributed by atoms with E-state index >= 15 is 0 Å². The molecule has 0 atom stereocenters. The van der Waals surface area contributed by atoms with Gasteiger partial charge in [-0.1, -0.05) is 30.3 Å². The number of nitrogens with one attached hydrogen (secondary N) is 1. The fraction of sp³-hybridized carbons (Fsp3) is 0.435. The molecule has 1 fully saturated rings. The van der Waals surface area contributed by atoms with Crippen molar-refractivity contribution in [2.75, 3.05) is 44.6 Å². The van der Waals surface area contributed by atoms with E-state index in [1.807, 2.05) is 53.6 Å². The molecule has 31 heavy (non-hydrogen) atoms. The van der Waals surface area contributed by atoms with Gasteiger partial charge in [0.15, 0.2) is 0 Å². The molecule has 8 nitrogen and oxygen atoms in total. The Hall–Kier alpha value is -3.31. The summed E-state index contributed by atoms with van der Waals surface area (Å²) in [6, 6.07) is 12.2. The van der Waals surface area contributed by atoms with Crippen LogP contribution in [0.5, 0.6) is 0 Å². The second-order valence-electron chi connectivity index (χ2n) is 7.63. The number of anilines is 1. The van der Waals surface area contributed by atoms with Crippen LogP contribution < -0.4 is 5.32 Å². The summed E-state index contributed by atoms with van der Waals surface area (Å²) >= 11 is 0. The molecule has 2 amide bonds. The van der Waals surface area contributed by atoms with Crippen molar-refractivity contribution < 1.29 is 14.3 Å². The maximum absolute atomic E-state index is 12.8. The van der Waals surface area contributed by atoms with Gasteiger partial charge in [0.05, 0.1) is 18.7 Å². The summed E-state index contributed by atoms with van der Waals surface area (Å²) in [5.74, 6) is 0.365. The molecule has 1 aliphatic heterocycles. The molecule has 2 heterocycles. The highest BCUT2D eigenvalue weighted by Gasteiger charge is 2.25. The molecule has 0 aliphatic carbocycles. The van der Waals surface area contributed by atoms with Gasteiger partial charge in [-0.15, -0.1) is 0 Å². The molecule has 1 N–H and O–H groups in total. The first kappa shape index (κ1) is 22.4. The lowest BCUT2D eigenvalue weighted by Crippen LogP contribution is -2.50. The van der Waals surface area contributed by atoms with E-state index in [1.165, 1.54) is 0 Å². The molecule has 164 valence electrons. The molecule has 3 rings (SSSR count). The van der Waals surface area contributed by atoms with Gasteiger partial charge in [-0.2, -0.15) is 5.26 Å². The Morgan fingerprint density at radius 1 is 1.13 bits per heavy atom. The smallest absolute Gasteiger partial charge is 0.409 e. The van der Waals surface area contributed by atoms with Crippen molar-refractivity contribution in [2.24, 2.45) is 0 Å². The Labute approximate surface area is 183 Å². The fourth-order valence-electron chi connectivity index (χ4n) is 3.77. The van der Waals surface area contributed by atoms with Crippen molar-refractivity contribution >= 4 is 17.8 Å². The number of hydrogen-bond acceptors (Lipinski definition) is 5. The van der Waals surface area contributed by atoms with Crippen molar-refractivity contribution in [2.45, 2.75) is 27.3 Å². The van der Waals surface area contributed by atoms with Gasteiger partial charge in [0.25, 0.3) is 0 Å². The Morgan fingerprint density at radius 3 is 2.42 bits per heavy atom. The van der Waals surface area contributed by atoms with Gasteiger partial charge in [0.1, 0.15) is 11.9 Å². The summed E-state index contributed by atoms with van der Waals surface area (Å²) in [5.41, 5.74) is 3.42. The monoisotopic (exact) mass is 423 g/mol. The maximum atomic E-state index is 12.8. The van der Waals surface area contributed by atoms with Crippen LogP contribution >= 0.6 is 0 Å². The number of amides is 2. The summed E-state index contributed by atoms with van der Waals surface area (Å²) in [4.78, 5) is 28.3. The molecule has 1 aromatic heterocycles. The quantitative estimate of drug-likeness (QED) is 0.772. The first-order chi connectivity index (χ1) is 14.9. The molecule has 0 bridgehead atoms. The summed E-state index contributed by atoms with van der Waals surface area (Å²) in [7, 11) is 0. The molecular formula is C23H29N5O3. The van der Waals surface area contributed by atoms with Gasteiger partial charge < -0.3 is 19.5 Å². The Bertz CT molecular complexity index is 969. The van der Waals surface area contributed by atoms with E-state index in [-0.39, 0.29) is 18.5 Å². The predicted molar refractivity (Wildman–Crippen MR) is 118 cm³/mol. The van der Waals surface area contributed by atoms with E-state index in [2.05, 4.69) is 11.4 Å². The Kier molecular flexibility index (Phi) is 7.32. The van der Waals surface area contributed by atoms with Crippen LogP contribution in [0.2, 0.25) is 0 Å². The van der Waals surface area contributed by atoms with Crippen LogP contribution in [0, 0.1) is 25.2 Å². The number of piperazine rings is 1. The van der Waals surface area contributed by atoms with Crippen LogP contribution in [0.15, 0.2) is 30.3 Å². The van der Waals surface area contributed by atoms with E-state index in [9.17, 15) is 14.9 Å². The average molecular weight is 424 g/mol. The van der Waals surface area contributed by atoms with Gasteiger partial charge in [-0.3, -0.25) is 9.69 Å². The van der Waals surface area contributed by atoms with Gasteiger partial charge >= 0.3 is 6.09 Å². The first-order valence-electron chi connectivity index (χ1n) is 10.5. The fourth-order valence-corrected chi connectivity index (χ4v) is 3.77. The SMILES string of the molecule is CCOC(=O)N1CCN(CC(=O)Nc2c(C#N)c(C)c(C)n2Cc2ccccc2)CC1. The number of benzene rings is 1. The number of nitriles is 1. The van der Waals surface area contributed by atoms with Crippen molar-refractivity contribution in [3.63, 3.8) is 0 Å². The zero-order chi connectivity index (χ0) is 22.4. The largest absolute Gasteiger partial charge is 0.450 e. The van der Waals surface area contributed by atoms with Gasteiger partial charge in [-0.05, 0) is 31.9 Å². The number of aromatic nitrogens is 1. The van der Waals surface area contributed by atoms with Crippen LogP contribution in [0.4, 0.5) is 10.6 Å². The van der Waals surface area contributed by atoms with Crippen molar-refractivity contribution in [3.8, 4) is 6.07 Å². The van der Waals surface area contributed by atoms with Crippen LogP contribution in [-0.4, -0.2) is 65.7 Å². The van der Waals surface area contributed by atoms with E-state index in [0.29, 0.717) is 50.7 Å². The summed E-state index contributed by atoms with van der Waals surface area (Å²) in [6.07, 6.45) is -0.310. The van der Waals surface area contributed by atoms with Crippen molar-refractivity contribution in [1.82, 2.24) is 14.4 Å². The van der Waals surface area contributed by atoms with Gasteiger partial charge in [0.2, 0.25) is 5.91 Å². The minimum atomic E-state index is -0.310. The third kappa shape index (κ3) is 5.25. The number of ether oxygens (including phenoxy) is 1. The number of hydrogen-bond donors (Lipinski definition) is 1. The standard InChI is InChI=1S/C23H29N5O3/c1-4-31-23(30)27-12-10-26(11-13-27)16-21(29)25-22-20(14-24)17(2)18(3)28(22)15-19-8-6-5-7-9-19/h5-9H,4,10-13,15-16H2,1-3H3,(H,25,29). The van der Waals surface area contributed by atoms with E-state index < -0.39 is 0 Å². The highest BCUT2D eigenvalue weighted by atomic mass is 16.6. The highest BCUT2D eigenvalue weighted by molar-refractivity contribution is 5.93. The molecule has 8 heteroatoms. The van der Waals surface area contributed by atoms with Crippen LogP contribution in [0.3, 0.4) is 0 Å². The zero-order valence-corrected chi connectivity index (χ0v) is 18.4. The minimum Gasteiger partial charge on any atom is -0.450 e. The van der Waals surface area contributed by atoms with E-state index in [1.54, 1.807) is 11.8 Å². The summed E-state index contributed by atoms with van der Waals surface area (Å²) in [6.45, 7) is 9.02. The van der Waals surface area contributed by atoms with Crippen molar-refractivity contribution in [3.05, 3.63) is 52.7 Å². The van der Waals surface area contributed by atoms with Gasteiger partial charge in [0, 0.05) is 38.4 Å². The molecule has 0 unspecified atom stereocenters.